The van der Waals surface area contributed by atoms with Crippen molar-refractivity contribution in [2.24, 2.45) is 11.7 Å². The summed E-state index contributed by atoms with van der Waals surface area (Å²) in [4.78, 5) is 38.2. The van der Waals surface area contributed by atoms with Gasteiger partial charge in [-0.3, -0.25) is 9.36 Å². The first kappa shape index (κ1) is 25.0. The highest BCUT2D eigenvalue weighted by atomic mass is 35.5. The second kappa shape index (κ2) is 10.4. The van der Waals surface area contributed by atoms with E-state index < -0.39 is 11.9 Å². The maximum Gasteiger partial charge on any atom is 0.407 e. The number of primary amides is 1. The van der Waals surface area contributed by atoms with Gasteiger partial charge in [-0.2, -0.15) is 4.98 Å². The lowest BCUT2D eigenvalue weighted by atomic mass is 9.85. The molecule has 1 aliphatic heterocycles. The number of piperidine rings is 1. The second-order valence-electron chi connectivity index (χ2n) is 9.55. The van der Waals surface area contributed by atoms with E-state index in [4.69, 9.17) is 22.3 Å². The van der Waals surface area contributed by atoms with Crippen LogP contribution in [0.15, 0.2) is 24.4 Å². The molecular weight excluding hydrogens is 503 g/mol. The number of nitrogens with two attached hydrogens (primary N) is 1. The number of benzene rings is 1. The van der Waals surface area contributed by atoms with Gasteiger partial charge in [0.1, 0.15) is 11.3 Å². The highest BCUT2D eigenvalue weighted by Crippen LogP contribution is 2.38. The van der Waals surface area contributed by atoms with Crippen LogP contribution >= 0.6 is 11.6 Å². The van der Waals surface area contributed by atoms with Crippen molar-refractivity contribution in [2.75, 3.05) is 23.7 Å². The molecule has 13 heteroatoms. The molecule has 0 bridgehead atoms. The van der Waals surface area contributed by atoms with Crippen molar-refractivity contribution in [3.05, 3.63) is 35.2 Å². The zero-order chi connectivity index (χ0) is 26.1. The van der Waals surface area contributed by atoms with Crippen molar-refractivity contribution in [1.82, 2.24) is 24.4 Å². The Morgan fingerprint density at radius 2 is 1.95 bits per heavy atom. The molecule has 11 nitrogen and oxygen atoms in total. The Kier molecular flexibility index (Phi) is 7.00. The average molecular weight is 531 g/mol. The van der Waals surface area contributed by atoms with E-state index >= 15 is 0 Å². The van der Waals surface area contributed by atoms with Gasteiger partial charge in [0.15, 0.2) is 5.65 Å². The highest BCUT2D eigenvalue weighted by molar-refractivity contribution is 6.33. The Bertz CT molecular complexity index is 1310. The summed E-state index contributed by atoms with van der Waals surface area (Å²) in [6.07, 6.45) is 4.76. The van der Waals surface area contributed by atoms with Gasteiger partial charge < -0.3 is 26.4 Å². The summed E-state index contributed by atoms with van der Waals surface area (Å²) >= 11 is 6.26. The molecule has 5 N–H and O–H groups in total. The van der Waals surface area contributed by atoms with E-state index in [-0.39, 0.29) is 34.6 Å². The first-order valence-electron chi connectivity index (χ1n) is 12.3. The van der Waals surface area contributed by atoms with Gasteiger partial charge in [0.05, 0.1) is 16.9 Å². The Morgan fingerprint density at radius 3 is 2.65 bits per heavy atom. The minimum absolute atomic E-state index is 0.0615. The molecule has 3 heterocycles. The van der Waals surface area contributed by atoms with Crippen molar-refractivity contribution in [1.29, 1.82) is 0 Å². The number of likely N-dealkylation sites (tertiary alicyclic amines) is 1. The number of carbonyl (C=O) groups excluding carboxylic acids is 1. The van der Waals surface area contributed by atoms with Gasteiger partial charge in [-0.05, 0) is 50.7 Å². The highest BCUT2D eigenvalue weighted by Gasteiger charge is 2.30. The molecule has 2 amide bonds. The Labute approximate surface area is 217 Å². The van der Waals surface area contributed by atoms with E-state index in [1.165, 1.54) is 17.0 Å². The molecule has 2 fully saturated rings. The van der Waals surface area contributed by atoms with Crippen LogP contribution < -0.4 is 16.4 Å². The number of nitrogens with one attached hydrogen (secondary N) is 2. The molecule has 0 spiro atoms. The molecular formula is C24H28ClFN8O3. The van der Waals surface area contributed by atoms with E-state index in [1.807, 2.05) is 4.57 Å². The first-order chi connectivity index (χ1) is 17.8. The third kappa shape index (κ3) is 5.24. The Balaban J connectivity index is 1.49. The van der Waals surface area contributed by atoms with Crippen LogP contribution in [0.1, 0.15) is 44.6 Å². The van der Waals surface area contributed by atoms with Crippen LogP contribution in [0.4, 0.5) is 26.8 Å². The van der Waals surface area contributed by atoms with Crippen LogP contribution in [0.3, 0.4) is 0 Å². The number of carbonyl (C=O) groups is 2. The van der Waals surface area contributed by atoms with Crippen LogP contribution in [0.5, 0.6) is 0 Å². The van der Waals surface area contributed by atoms with Gasteiger partial charge in [-0.15, -0.1) is 0 Å². The number of para-hydroxylation sites is 1. The minimum Gasteiger partial charge on any atom is -0.465 e. The van der Waals surface area contributed by atoms with Crippen LogP contribution in [0.25, 0.3) is 11.2 Å². The number of carboxylic acid groups (broad SMARTS) is 1. The molecule has 37 heavy (non-hydrogen) atoms. The number of amides is 2. The number of fused-ring (bicyclic) bond motifs is 1. The summed E-state index contributed by atoms with van der Waals surface area (Å²) in [5, 5.41) is 15.9. The van der Waals surface area contributed by atoms with Crippen LogP contribution in [-0.2, 0) is 4.79 Å². The van der Waals surface area contributed by atoms with E-state index in [0.29, 0.717) is 61.8 Å². The van der Waals surface area contributed by atoms with Gasteiger partial charge in [-0.1, -0.05) is 17.7 Å². The van der Waals surface area contributed by atoms with Crippen molar-refractivity contribution in [3.63, 3.8) is 0 Å². The molecule has 1 unspecified atom stereocenters. The Morgan fingerprint density at radius 1 is 1.16 bits per heavy atom. The number of anilines is 3. The number of rotatable bonds is 6. The minimum atomic E-state index is -0.949. The SMILES string of the molecule is NC(=O)[C@H]1CC[C@H](n2c(Nc3c(F)cccc3Cl)nc3cnc(NC4CCCN(C(=O)O)C4)nc32)CC1. The van der Waals surface area contributed by atoms with Gasteiger partial charge in [0.2, 0.25) is 17.8 Å². The van der Waals surface area contributed by atoms with Crippen molar-refractivity contribution >= 4 is 52.3 Å². The van der Waals surface area contributed by atoms with Gasteiger partial charge >= 0.3 is 6.09 Å². The summed E-state index contributed by atoms with van der Waals surface area (Å²) in [6.45, 7) is 0.841. The number of nitrogens with zero attached hydrogens (tertiary/aromatic N) is 5. The van der Waals surface area contributed by atoms with E-state index in [9.17, 15) is 19.1 Å². The van der Waals surface area contributed by atoms with Gasteiger partial charge in [-0.25, -0.2) is 19.2 Å². The summed E-state index contributed by atoms with van der Waals surface area (Å²) in [5.74, 6) is -0.281. The third-order valence-corrected chi connectivity index (χ3v) is 7.44. The summed E-state index contributed by atoms with van der Waals surface area (Å²) in [6, 6.07) is 4.24. The molecule has 5 rings (SSSR count). The predicted molar refractivity (Wildman–Crippen MR) is 136 cm³/mol. The summed E-state index contributed by atoms with van der Waals surface area (Å²) < 4.78 is 16.5. The monoisotopic (exact) mass is 530 g/mol. The number of halogens is 2. The second-order valence-corrected chi connectivity index (χ2v) is 9.96. The van der Waals surface area contributed by atoms with E-state index in [0.717, 1.165) is 12.8 Å². The average Bonchev–Trinajstić information content (AvgIpc) is 3.23. The number of hydrogen-bond donors (Lipinski definition) is 4. The van der Waals surface area contributed by atoms with Crippen molar-refractivity contribution in [3.8, 4) is 0 Å². The topological polar surface area (TPSA) is 151 Å². The summed E-state index contributed by atoms with van der Waals surface area (Å²) in [5.41, 5.74) is 6.68. The maximum absolute atomic E-state index is 14.6. The van der Waals surface area contributed by atoms with E-state index in [2.05, 4.69) is 20.6 Å². The largest absolute Gasteiger partial charge is 0.465 e. The van der Waals surface area contributed by atoms with Gasteiger partial charge in [0.25, 0.3) is 0 Å². The zero-order valence-corrected chi connectivity index (χ0v) is 20.8. The normalized spacial score (nSPS) is 22.1. The van der Waals surface area contributed by atoms with Crippen LogP contribution in [0, 0.1) is 11.7 Å². The lowest BCUT2D eigenvalue weighted by Gasteiger charge is -2.31. The quantitative estimate of drug-likeness (QED) is 0.371. The van der Waals surface area contributed by atoms with Crippen LogP contribution in [0.2, 0.25) is 5.02 Å². The predicted octanol–water partition coefficient (Wildman–Crippen LogP) is 4.13. The lowest BCUT2D eigenvalue weighted by molar-refractivity contribution is -0.122. The molecule has 1 saturated carbocycles. The fraction of sp³-hybridized carbons (Fsp3) is 0.458. The first-order valence-corrected chi connectivity index (χ1v) is 12.7. The third-order valence-electron chi connectivity index (χ3n) is 7.12. The number of imidazole rings is 1. The molecule has 1 atom stereocenters. The molecule has 2 aromatic heterocycles. The smallest absolute Gasteiger partial charge is 0.407 e. The Hall–Kier alpha value is -3.67. The van der Waals surface area contributed by atoms with Gasteiger partial charge in [0, 0.05) is 31.1 Å². The fourth-order valence-electron chi connectivity index (χ4n) is 5.19. The molecule has 1 aromatic carbocycles. The fourth-order valence-corrected chi connectivity index (χ4v) is 5.40. The molecule has 1 aliphatic carbocycles. The summed E-state index contributed by atoms with van der Waals surface area (Å²) in [7, 11) is 0. The molecule has 196 valence electrons. The molecule has 1 saturated heterocycles. The zero-order valence-electron chi connectivity index (χ0n) is 20.0. The lowest BCUT2D eigenvalue weighted by Crippen LogP contribution is -2.44. The molecule has 0 radical (unpaired) electrons. The van der Waals surface area contributed by atoms with E-state index in [1.54, 1.807) is 12.3 Å². The molecule has 3 aromatic rings. The number of hydrogen-bond acceptors (Lipinski definition) is 7. The standard InChI is InChI=1S/C24H28ClFN8O3/c25-16-4-1-5-17(26)19(16)31-23-30-18-11-28-22(29-14-3-2-10-33(12-14)24(36)37)32-21(18)34(23)15-8-6-13(7-9-15)20(27)35/h1,4-5,11,13-15H,2-3,6-10,12H2,(H2,27,35)(H,30,31)(H,36,37)(H,28,29,32)/t13-,14?,15-. The maximum atomic E-state index is 14.6. The van der Waals surface area contributed by atoms with Crippen LogP contribution in [-0.4, -0.2) is 60.7 Å². The number of aromatic nitrogens is 4. The van der Waals surface area contributed by atoms with Crippen molar-refractivity contribution in [2.45, 2.75) is 50.6 Å². The molecule has 2 aliphatic rings. The van der Waals surface area contributed by atoms with Crippen molar-refractivity contribution < 1.29 is 19.1 Å².